The number of nitrogens with zero attached hydrogens (tertiary/aromatic N) is 1. The largest absolute Gasteiger partial charge is 0.491 e. The number of hydrogen-bond donors (Lipinski definition) is 2. The van der Waals surface area contributed by atoms with Crippen molar-refractivity contribution in [2.75, 3.05) is 13.1 Å². The zero-order valence-corrected chi connectivity index (χ0v) is 9.97. The first-order chi connectivity index (χ1) is 8.59. The third-order valence-corrected chi connectivity index (χ3v) is 3.17. The summed E-state index contributed by atoms with van der Waals surface area (Å²) in [6, 6.07) is 3.72. The number of carbonyl (C=O) groups excluding carboxylic acids is 1. The van der Waals surface area contributed by atoms with Crippen LogP contribution in [0.4, 0.5) is 4.39 Å². The molecule has 1 aliphatic heterocycles. The van der Waals surface area contributed by atoms with Crippen LogP contribution in [0.15, 0.2) is 18.2 Å². The van der Waals surface area contributed by atoms with Gasteiger partial charge in [-0.25, -0.2) is 4.39 Å². The van der Waals surface area contributed by atoms with Crippen molar-refractivity contribution in [3.63, 3.8) is 0 Å². The summed E-state index contributed by atoms with van der Waals surface area (Å²) in [6.45, 7) is 1.40. The lowest BCUT2D eigenvalue weighted by molar-refractivity contribution is 0.0724. The third-order valence-electron chi connectivity index (χ3n) is 3.17. The van der Waals surface area contributed by atoms with Crippen LogP contribution in [0.5, 0.6) is 0 Å². The van der Waals surface area contributed by atoms with E-state index < -0.39 is 12.9 Å². The SMILES string of the molecule is O=C(c1ccc(B(O)O)c(F)c1)N1CCCCC1. The summed E-state index contributed by atoms with van der Waals surface area (Å²) in [7, 11) is -1.86. The molecular formula is C12H15BFNO3. The van der Waals surface area contributed by atoms with Crippen LogP contribution in [0.1, 0.15) is 29.6 Å². The predicted octanol–water partition coefficient (Wildman–Crippen LogP) is 0.132. The summed E-state index contributed by atoms with van der Waals surface area (Å²) < 4.78 is 13.5. The first kappa shape index (κ1) is 13.0. The summed E-state index contributed by atoms with van der Waals surface area (Å²) in [5.41, 5.74) is 0.0315. The molecular weight excluding hydrogens is 236 g/mol. The third kappa shape index (κ3) is 2.71. The van der Waals surface area contributed by atoms with E-state index in [4.69, 9.17) is 10.0 Å². The van der Waals surface area contributed by atoms with E-state index in [1.165, 1.54) is 12.1 Å². The Balaban J connectivity index is 2.18. The second-order valence-corrected chi connectivity index (χ2v) is 4.46. The highest BCUT2D eigenvalue weighted by Crippen LogP contribution is 2.13. The Kier molecular flexibility index (Phi) is 3.99. The van der Waals surface area contributed by atoms with Crippen LogP contribution < -0.4 is 5.46 Å². The van der Waals surface area contributed by atoms with Gasteiger partial charge in [0.1, 0.15) is 5.82 Å². The Morgan fingerprint density at radius 3 is 2.44 bits per heavy atom. The molecule has 0 bridgehead atoms. The maximum atomic E-state index is 13.5. The number of benzene rings is 1. The summed E-state index contributed by atoms with van der Waals surface area (Å²) in [5.74, 6) is -0.972. The number of rotatable bonds is 2. The molecule has 1 fully saturated rings. The van der Waals surface area contributed by atoms with Gasteiger partial charge >= 0.3 is 7.12 Å². The highest BCUT2D eigenvalue weighted by molar-refractivity contribution is 6.58. The molecule has 0 radical (unpaired) electrons. The molecule has 2 N–H and O–H groups in total. The van der Waals surface area contributed by atoms with Crippen LogP contribution in [-0.2, 0) is 0 Å². The lowest BCUT2D eigenvalue weighted by atomic mass is 9.79. The quantitative estimate of drug-likeness (QED) is 0.734. The van der Waals surface area contributed by atoms with Crippen LogP contribution in [0.2, 0.25) is 0 Å². The zero-order chi connectivity index (χ0) is 13.1. The first-order valence-corrected chi connectivity index (χ1v) is 6.04. The van der Waals surface area contributed by atoms with E-state index in [-0.39, 0.29) is 16.9 Å². The zero-order valence-electron chi connectivity index (χ0n) is 9.97. The molecule has 6 heteroatoms. The Labute approximate surface area is 105 Å². The minimum atomic E-state index is -1.86. The number of carbonyl (C=O) groups is 1. The normalized spacial score (nSPS) is 15.6. The van der Waals surface area contributed by atoms with Crippen molar-refractivity contribution < 1.29 is 19.2 Å². The lowest BCUT2D eigenvalue weighted by Gasteiger charge is -2.26. The Morgan fingerprint density at radius 1 is 1.22 bits per heavy atom. The van der Waals surface area contributed by atoms with E-state index in [1.807, 2.05) is 0 Å². The summed E-state index contributed by atoms with van der Waals surface area (Å²) in [5, 5.41) is 17.8. The lowest BCUT2D eigenvalue weighted by Crippen LogP contribution is -2.37. The molecule has 18 heavy (non-hydrogen) atoms. The Bertz CT molecular complexity index is 447. The van der Waals surface area contributed by atoms with Gasteiger partial charge in [-0.15, -0.1) is 0 Å². The molecule has 1 aromatic carbocycles. The van der Waals surface area contributed by atoms with E-state index in [2.05, 4.69) is 0 Å². The molecule has 1 aromatic rings. The maximum Gasteiger partial charge on any atom is 0.491 e. The Hall–Kier alpha value is -1.40. The topological polar surface area (TPSA) is 60.8 Å². The van der Waals surface area contributed by atoms with Crippen molar-refractivity contribution in [3.8, 4) is 0 Å². The summed E-state index contributed by atoms with van der Waals surface area (Å²) in [4.78, 5) is 13.8. The number of hydrogen-bond acceptors (Lipinski definition) is 3. The van der Waals surface area contributed by atoms with Gasteiger partial charge in [-0.05, 0) is 31.4 Å². The van der Waals surface area contributed by atoms with Crippen LogP contribution in [0, 0.1) is 5.82 Å². The molecule has 0 unspecified atom stereocenters. The molecule has 0 spiro atoms. The number of halogens is 1. The Morgan fingerprint density at radius 2 is 1.89 bits per heavy atom. The second kappa shape index (κ2) is 5.50. The minimum Gasteiger partial charge on any atom is -0.423 e. The molecule has 2 rings (SSSR count). The van der Waals surface area contributed by atoms with E-state index in [9.17, 15) is 9.18 Å². The van der Waals surface area contributed by atoms with Gasteiger partial charge < -0.3 is 14.9 Å². The van der Waals surface area contributed by atoms with Gasteiger partial charge in [0.05, 0.1) is 0 Å². The van der Waals surface area contributed by atoms with E-state index in [0.717, 1.165) is 25.3 Å². The van der Waals surface area contributed by atoms with Gasteiger partial charge in [-0.1, -0.05) is 6.07 Å². The van der Waals surface area contributed by atoms with Crippen molar-refractivity contribution in [2.45, 2.75) is 19.3 Å². The van der Waals surface area contributed by atoms with Crippen molar-refractivity contribution in [2.24, 2.45) is 0 Å². The second-order valence-electron chi connectivity index (χ2n) is 4.46. The number of amides is 1. The average molecular weight is 251 g/mol. The van der Waals surface area contributed by atoms with Gasteiger partial charge in [0.25, 0.3) is 5.91 Å². The fraction of sp³-hybridized carbons (Fsp3) is 0.417. The molecule has 96 valence electrons. The van der Waals surface area contributed by atoms with Crippen LogP contribution in [-0.4, -0.2) is 41.1 Å². The van der Waals surface area contributed by atoms with Crippen molar-refractivity contribution in [1.29, 1.82) is 0 Å². The van der Waals surface area contributed by atoms with Gasteiger partial charge in [0.2, 0.25) is 0 Å². The molecule has 1 aliphatic rings. The molecule has 1 heterocycles. The molecule has 0 aromatic heterocycles. The van der Waals surface area contributed by atoms with Crippen LogP contribution in [0.3, 0.4) is 0 Å². The van der Waals surface area contributed by atoms with E-state index in [0.29, 0.717) is 13.1 Å². The van der Waals surface area contributed by atoms with Gasteiger partial charge in [0, 0.05) is 24.1 Å². The van der Waals surface area contributed by atoms with E-state index >= 15 is 0 Å². The predicted molar refractivity (Wildman–Crippen MR) is 66.0 cm³/mol. The fourth-order valence-corrected chi connectivity index (χ4v) is 2.15. The summed E-state index contributed by atoms with van der Waals surface area (Å²) in [6.07, 6.45) is 3.07. The highest BCUT2D eigenvalue weighted by atomic mass is 19.1. The molecule has 0 atom stereocenters. The molecule has 0 saturated carbocycles. The number of piperidine rings is 1. The molecule has 0 aliphatic carbocycles. The van der Waals surface area contributed by atoms with Crippen LogP contribution in [0.25, 0.3) is 0 Å². The smallest absolute Gasteiger partial charge is 0.423 e. The van der Waals surface area contributed by atoms with Gasteiger partial charge in [0.15, 0.2) is 0 Å². The van der Waals surface area contributed by atoms with Gasteiger partial charge in [-0.2, -0.15) is 0 Å². The van der Waals surface area contributed by atoms with Gasteiger partial charge in [-0.3, -0.25) is 4.79 Å². The molecule has 1 saturated heterocycles. The van der Waals surface area contributed by atoms with E-state index in [1.54, 1.807) is 4.90 Å². The molecule has 1 amide bonds. The highest BCUT2D eigenvalue weighted by Gasteiger charge is 2.21. The van der Waals surface area contributed by atoms with Crippen molar-refractivity contribution >= 4 is 18.5 Å². The fourth-order valence-electron chi connectivity index (χ4n) is 2.15. The first-order valence-electron chi connectivity index (χ1n) is 6.04. The van der Waals surface area contributed by atoms with Crippen molar-refractivity contribution in [1.82, 2.24) is 4.90 Å². The van der Waals surface area contributed by atoms with Crippen molar-refractivity contribution in [3.05, 3.63) is 29.6 Å². The average Bonchev–Trinajstić information content (AvgIpc) is 2.38. The van der Waals surface area contributed by atoms with Crippen LogP contribution >= 0.6 is 0 Å². The standard InChI is InChI=1S/C12H15BFNO3/c14-11-8-9(4-5-10(11)13(17)18)12(16)15-6-2-1-3-7-15/h4-5,8,17-18H,1-3,6-7H2. The monoisotopic (exact) mass is 251 g/mol. The summed E-state index contributed by atoms with van der Waals surface area (Å²) >= 11 is 0. The maximum absolute atomic E-state index is 13.5. The molecule has 4 nitrogen and oxygen atoms in total. The minimum absolute atomic E-state index is 0.201. The number of likely N-dealkylation sites (tertiary alicyclic amines) is 1.